The van der Waals surface area contributed by atoms with E-state index in [4.69, 9.17) is 14.6 Å². The van der Waals surface area contributed by atoms with Crippen molar-refractivity contribution in [2.45, 2.75) is 91.0 Å². The van der Waals surface area contributed by atoms with Gasteiger partial charge >= 0.3 is 5.97 Å². The molecule has 162 valence electrons. The lowest BCUT2D eigenvalue weighted by Crippen LogP contribution is -2.41. The molecule has 0 aromatic heterocycles. The number of ether oxygens (including phenoxy) is 2. The lowest BCUT2D eigenvalue weighted by molar-refractivity contribution is -0.152. The minimum atomic E-state index is -1.32. The average molecular weight is 399 g/mol. The Morgan fingerprint density at radius 2 is 1.86 bits per heavy atom. The van der Waals surface area contributed by atoms with E-state index in [1.807, 2.05) is 0 Å². The fraction of sp³-hybridized carbons (Fsp3) is 0.818. The molecule has 0 amide bonds. The molecule has 0 aromatic rings. The summed E-state index contributed by atoms with van der Waals surface area (Å²) in [6, 6.07) is 0. The van der Waals surface area contributed by atoms with E-state index < -0.39 is 36.7 Å². The Hall–Kier alpha value is -1.24. The normalized spacial score (nSPS) is 22.6. The van der Waals surface area contributed by atoms with Crippen LogP contribution in [0, 0.1) is 11.8 Å². The Labute approximate surface area is 169 Å². The van der Waals surface area contributed by atoms with Crippen molar-refractivity contribution in [1.29, 1.82) is 0 Å². The van der Waals surface area contributed by atoms with Crippen molar-refractivity contribution in [2.75, 3.05) is 13.2 Å². The first-order valence-corrected chi connectivity index (χ1v) is 10.6. The molecule has 0 aromatic carbocycles. The SMILES string of the molecule is CC(=CCCOC1C(=O)C(=O)OC1C(O)CO)CCCC(C)CCCC(C)C. The summed E-state index contributed by atoms with van der Waals surface area (Å²) in [5, 5.41) is 18.7. The summed E-state index contributed by atoms with van der Waals surface area (Å²) in [5.74, 6) is -0.275. The maximum atomic E-state index is 11.8. The van der Waals surface area contributed by atoms with Crippen molar-refractivity contribution < 1.29 is 29.3 Å². The smallest absolute Gasteiger partial charge is 0.378 e. The summed E-state index contributed by atoms with van der Waals surface area (Å²) in [6.45, 7) is 8.61. The van der Waals surface area contributed by atoms with Gasteiger partial charge in [-0.15, -0.1) is 0 Å². The highest BCUT2D eigenvalue weighted by Gasteiger charge is 2.47. The van der Waals surface area contributed by atoms with Crippen LogP contribution in [-0.4, -0.2) is 53.5 Å². The molecular weight excluding hydrogens is 360 g/mol. The van der Waals surface area contributed by atoms with E-state index in [0.29, 0.717) is 6.42 Å². The van der Waals surface area contributed by atoms with Crippen LogP contribution in [0.1, 0.15) is 72.6 Å². The van der Waals surface area contributed by atoms with Crippen LogP contribution in [0.5, 0.6) is 0 Å². The van der Waals surface area contributed by atoms with Crippen LogP contribution in [0.3, 0.4) is 0 Å². The van der Waals surface area contributed by atoms with Gasteiger partial charge < -0.3 is 19.7 Å². The molecule has 6 heteroatoms. The van der Waals surface area contributed by atoms with E-state index in [0.717, 1.165) is 18.3 Å². The topological polar surface area (TPSA) is 93.1 Å². The van der Waals surface area contributed by atoms with Gasteiger partial charge in [-0.05, 0) is 38.0 Å². The Morgan fingerprint density at radius 1 is 1.18 bits per heavy atom. The van der Waals surface area contributed by atoms with Crippen molar-refractivity contribution in [3.63, 3.8) is 0 Å². The summed E-state index contributed by atoms with van der Waals surface area (Å²) in [6.07, 6.45) is 6.47. The van der Waals surface area contributed by atoms with Gasteiger partial charge in [0.05, 0.1) is 13.2 Å². The number of carbonyl (C=O) groups is 2. The van der Waals surface area contributed by atoms with Gasteiger partial charge in [0.15, 0.2) is 12.2 Å². The number of hydrogen-bond donors (Lipinski definition) is 2. The highest BCUT2D eigenvalue weighted by molar-refractivity contribution is 6.37. The molecule has 1 saturated heterocycles. The van der Waals surface area contributed by atoms with Crippen LogP contribution in [0.4, 0.5) is 0 Å². The van der Waals surface area contributed by atoms with E-state index >= 15 is 0 Å². The lowest BCUT2D eigenvalue weighted by Gasteiger charge is -2.20. The van der Waals surface area contributed by atoms with Crippen LogP contribution in [0.2, 0.25) is 0 Å². The second-order valence-corrected chi connectivity index (χ2v) is 8.44. The van der Waals surface area contributed by atoms with Gasteiger partial charge in [-0.2, -0.15) is 0 Å². The number of carbonyl (C=O) groups excluding carboxylic acids is 2. The van der Waals surface area contributed by atoms with E-state index in [1.165, 1.54) is 37.7 Å². The van der Waals surface area contributed by atoms with E-state index in [-0.39, 0.29) is 6.61 Å². The molecule has 1 aliphatic heterocycles. The molecule has 0 radical (unpaired) electrons. The Morgan fingerprint density at radius 3 is 2.50 bits per heavy atom. The maximum absolute atomic E-state index is 11.8. The standard InChI is InChI=1S/C22H38O6/c1-15(2)8-5-9-16(3)10-6-11-17(4)12-7-13-27-21-19(25)22(26)28-20(21)18(24)14-23/h12,15-16,18,20-21,23-24H,5-11,13-14H2,1-4H3. The highest BCUT2D eigenvalue weighted by atomic mass is 16.6. The first kappa shape index (κ1) is 24.8. The number of esters is 1. The predicted octanol–water partition coefficient (Wildman–Crippen LogP) is 3.19. The number of aliphatic hydroxyl groups excluding tert-OH is 2. The van der Waals surface area contributed by atoms with E-state index in [9.17, 15) is 14.7 Å². The molecule has 6 nitrogen and oxygen atoms in total. The van der Waals surface area contributed by atoms with Gasteiger partial charge in [0, 0.05) is 0 Å². The van der Waals surface area contributed by atoms with Crippen LogP contribution >= 0.6 is 0 Å². The first-order valence-electron chi connectivity index (χ1n) is 10.6. The number of aliphatic hydroxyl groups is 2. The quantitative estimate of drug-likeness (QED) is 0.202. The first-order chi connectivity index (χ1) is 13.3. The molecule has 1 fully saturated rings. The Balaban J connectivity index is 2.25. The molecule has 0 saturated carbocycles. The van der Waals surface area contributed by atoms with Crippen molar-refractivity contribution in [3.05, 3.63) is 11.6 Å². The van der Waals surface area contributed by atoms with Gasteiger partial charge in [0.2, 0.25) is 0 Å². The zero-order valence-electron chi connectivity index (χ0n) is 17.9. The second kappa shape index (κ2) is 13.1. The number of Topliss-reactive ketones (excluding diaryl/α,β-unsaturated/α-hetero) is 1. The van der Waals surface area contributed by atoms with Gasteiger partial charge in [0.1, 0.15) is 6.10 Å². The third-order valence-corrected chi connectivity index (χ3v) is 5.22. The molecular formula is C22H38O6. The van der Waals surface area contributed by atoms with Crippen molar-refractivity contribution >= 4 is 11.8 Å². The molecule has 1 aliphatic rings. The van der Waals surface area contributed by atoms with Gasteiger partial charge in [-0.3, -0.25) is 4.79 Å². The predicted molar refractivity (Wildman–Crippen MR) is 108 cm³/mol. The summed E-state index contributed by atoms with van der Waals surface area (Å²) in [4.78, 5) is 23.1. The highest BCUT2D eigenvalue weighted by Crippen LogP contribution is 2.21. The zero-order valence-corrected chi connectivity index (χ0v) is 17.9. The van der Waals surface area contributed by atoms with Crippen LogP contribution in [0.25, 0.3) is 0 Å². The van der Waals surface area contributed by atoms with Crippen molar-refractivity contribution in [1.82, 2.24) is 0 Å². The molecule has 4 unspecified atom stereocenters. The van der Waals surface area contributed by atoms with E-state index in [1.54, 1.807) is 0 Å². The second-order valence-electron chi connectivity index (χ2n) is 8.44. The number of ketones is 1. The fourth-order valence-electron chi connectivity index (χ4n) is 3.41. The molecule has 28 heavy (non-hydrogen) atoms. The van der Waals surface area contributed by atoms with Crippen molar-refractivity contribution in [2.24, 2.45) is 11.8 Å². The van der Waals surface area contributed by atoms with Crippen LogP contribution in [-0.2, 0) is 19.1 Å². The van der Waals surface area contributed by atoms with Crippen molar-refractivity contribution in [3.8, 4) is 0 Å². The average Bonchev–Trinajstić information content (AvgIpc) is 2.92. The molecule has 1 rings (SSSR count). The molecule has 0 bridgehead atoms. The van der Waals surface area contributed by atoms with Crippen LogP contribution < -0.4 is 0 Å². The zero-order chi connectivity index (χ0) is 21.1. The molecule has 2 N–H and O–H groups in total. The third-order valence-electron chi connectivity index (χ3n) is 5.22. The minimum absolute atomic E-state index is 0.255. The van der Waals surface area contributed by atoms with Gasteiger partial charge in [-0.25, -0.2) is 4.79 Å². The monoisotopic (exact) mass is 398 g/mol. The summed E-state index contributed by atoms with van der Waals surface area (Å²) in [5.41, 5.74) is 1.29. The number of rotatable bonds is 14. The summed E-state index contributed by atoms with van der Waals surface area (Å²) < 4.78 is 10.3. The third kappa shape index (κ3) is 8.84. The van der Waals surface area contributed by atoms with Gasteiger partial charge in [-0.1, -0.05) is 58.1 Å². The summed E-state index contributed by atoms with van der Waals surface area (Å²) >= 11 is 0. The lowest BCUT2D eigenvalue weighted by atomic mass is 9.94. The molecule has 4 atom stereocenters. The number of hydrogen-bond acceptors (Lipinski definition) is 6. The number of allylic oxidation sites excluding steroid dienone is 1. The Bertz CT molecular complexity index is 513. The summed E-state index contributed by atoms with van der Waals surface area (Å²) in [7, 11) is 0. The fourth-order valence-corrected chi connectivity index (χ4v) is 3.41. The van der Waals surface area contributed by atoms with Gasteiger partial charge in [0.25, 0.3) is 5.78 Å². The molecule has 0 spiro atoms. The Kier molecular flexibility index (Phi) is 11.6. The van der Waals surface area contributed by atoms with Crippen LogP contribution in [0.15, 0.2) is 11.6 Å². The largest absolute Gasteiger partial charge is 0.450 e. The minimum Gasteiger partial charge on any atom is -0.450 e. The number of cyclic esters (lactones) is 1. The molecule has 0 aliphatic carbocycles. The molecule has 1 heterocycles. The van der Waals surface area contributed by atoms with E-state index in [2.05, 4.69) is 33.8 Å². The maximum Gasteiger partial charge on any atom is 0.378 e.